The summed E-state index contributed by atoms with van der Waals surface area (Å²) in [6.07, 6.45) is 5.74. The highest BCUT2D eigenvalue weighted by atomic mass is 32.1. The van der Waals surface area contributed by atoms with Gasteiger partial charge >= 0.3 is 5.97 Å². The van der Waals surface area contributed by atoms with Crippen LogP contribution in [0.2, 0.25) is 0 Å². The van der Waals surface area contributed by atoms with Crippen LogP contribution in [0.4, 0.5) is 10.7 Å². The smallest absolute Gasteiger partial charge is 0.341 e. The molecule has 0 bridgehead atoms. The minimum Gasteiger partial charge on any atom is -0.462 e. The highest BCUT2D eigenvalue weighted by Crippen LogP contribution is 2.43. The zero-order chi connectivity index (χ0) is 21.0. The average Bonchev–Trinajstić information content (AvgIpc) is 3.06. The zero-order valence-corrected chi connectivity index (χ0v) is 17.1. The fourth-order valence-electron chi connectivity index (χ4n) is 3.47. The van der Waals surface area contributed by atoms with Gasteiger partial charge in [-0.1, -0.05) is 19.1 Å². The van der Waals surface area contributed by atoms with Gasteiger partial charge in [-0.05, 0) is 49.3 Å². The molecule has 7 nitrogen and oxygen atoms in total. The van der Waals surface area contributed by atoms with Crippen LogP contribution < -0.4 is 5.32 Å². The molecule has 0 saturated carbocycles. The van der Waals surface area contributed by atoms with Crippen molar-refractivity contribution in [2.75, 3.05) is 11.9 Å². The number of nitro benzene ring substituents is 1. The van der Waals surface area contributed by atoms with Crippen LogP contribution in [-0.2, 0) is 16.0 Å². The summed E-state index contributed by atoms with van der Waals surface area (Å²) in [5.41, 5.74) is 1.94. The highest BCUT2D eigenvalue weighted by Gasteiger charge is 2.30. The second-order valence-corrected chi connectivity index (χ2v) is 7.94. The van der Waals surface area contributed by atoms with Gasteiger partial charge in [0.15, 0.2) is 0 Å². The number of non-ortho nitro benzene ring substituents is 1. The van der Waals surface area contributed by atoms with Gasteiger partial charge in [0.05, 0.1) is 17.1 Å². The van der Waals surface area contributed by atoms with E-state index in [4.69, 9.17) is 4.74 Å². The lowest BCUT2D eigenvalue weighted by Crippen LogP contribution is -2.15. The van der Waals surface area contributed by atoms with E-state index in [1.54, 1.807) is 19.1 Å². The van der Waals surface area contributed by atoms with Crippen LogP contribution in [-0.4, -0.2) is 23.4 Å². The molecule has 29 heavy (non-hydrogen) atoms. The van der Waals surface area contributed by atoms with Crippen LogP contribution in [0, 0.1) is 10.1 Å². The monoisotopic (exact) mass is 414 g/mol. The minimum atomic E-state index is -0.486. The molecule has 152 valence electrons. The van der Waals surface area contributed by atoms with E-state index in [-0.39, 0.29) is 18.2 Å². The Labute approximate surface area is 172 Å². The number of carbonyl (C=O) groups is 2. The number of rotatable bonds is 6. The third-order valence-corrected chi connectivity index (χ3v) is 5.96. The van der Waals surface area contributed by atoms with Gasteiger partial charge in [-0.2, -0.15) is 0 Å². The number of ether oxygens (including phenoxy) is 1. The van der Waals surface area contributed by atoms with Gasteiger partial charge in [-0.3, -0.25) is 14.9 Å². The van der Waals surface area contributed by atoms with E-state index in [0.717, 1.165) is 29.7 Å². The molecule has 1 unspecified atom stereocenters. The topological polar surface area (TPSA) is 98.5 Å². The second kappa shape index (κ2) is 9.00. The Morgan fingerprint density at radius 2 is 2.21 bits per heavy atom. The number of nitro groups is 1. The average molecular weight is 414 g/mol. The lowest BCUT2D eigenvalue weighted by Gasteiger charge is -2.19. The predicted molar refractivity (Wildman–Crippen MR) is 112 cm³/mol. The van der Waals surface area contributed by atoms with Gasteiger partial charge < -0.3 is 10.1 Å². The van der Waals surface area contributed by atoms with E-state index in [9.17, 15) is 19.7 Å². The Balaban J connectivity index is 1.84. The molecule has 2 aromatic rings. The SMILES string of the molecule is CCOC(=O)c1c(NC(=O)/C=C/c2cccc([N+](=O)[O-])c2)sc2c1C(C)CCC2. The standard InChI is InChI=1S/C21H22N2O5S/c1-3-28-21(25)19-18-13(2)6-4-9-16(18)29-20(19)22-17(24)11-10-14-7-5-8-15(12-14)23(26)27/h5,7-8,10-13H,3-4,6,9H2,1-2H3,(H,22,24)/b11-10+. The number of hydrogen-bond acceptors (Lipinski definition) is 6. The molecule has 1 aliphatic carbocycles. The molecule has 1 aromatic carbocycles. The van der Waals surface area contributed by atoms with E-state index >= 15 is 0 Å². The molecule has 1 amide bonds. The van der Waals surface area contributed by atoms with E-state index in [1.165, 1.54) is 35.6 Å². The van der Waals surface area contributed by atoms with E-state index in [0.29, 0.717) is 16.1 Å². The molecule has 1 atom stereocenters. The number of fused-ring (bicyclic) bond motifs is 1. The number of hydrogen-bond donors (Lipinski definition) is 1. The molecular weight excluding hydrogens is 392 g/mol. The predicted octanol–water partition coefficient (Wildman–Crippen LogP) is 4.92. The summed E-state index contributed by atoms with van der Waals surface area (Å²) in [4.78, 5) is 36.5. The molecule has 0 fully saturated rings. The van der Waals surface area contributed by atoms with Gasteiger partial charge in [-0.25, -0.2) is 4.79 Å². The van der Waals surface area contributed by atoms with Gasteiger partial charge in [-0.15, -0.1) is 11.3 Å². The van der Waals surface area contributed by atoms with Gasteiger partial charge in [0.2, 0.25) is 5.91 Å². The van der Waals surface area contributed by atoms with Crippen LogP contribution >= 0.6 is 11.3 Å². The number of esters is 1. The molecule has 0 aliphatic heterocycles. The zero-order valence-electron chi connectivity index (χ0n) is 16.3. The number of benzene rings is 1. The number of anilines is 1. The third kappa shape index (κ3) is 4.71. The summed E-state index contributed by atoms with van der Waals surface area (Å²) in [5.74, 6) is -0.592. The van der Waals surface area contributed by atoms with Crippen LogP contribution in [0.25, 0.3) is 6.08 Å². The van der Waals surface area contributed by atoms with Gasteiger partial charge in [0.25, 0.3) is 5.69 Å². The van der Waals surface area contributed by atoms with E-state index in [1.807, 2.05) is 0 Å². The van der Waals surface area contributed by atoms with Crippen molar-refractivity contribution in [2.24, 2.45) is 0 Å². The van der Waals surface area contributed by atoms with Crippen molar-refractivity contribution in [3.8, 4) is 0 Å². The molecule has 0 radical (unpaired) electrons. The largest absolute Gasteiger partial charge is 0.462 e. The number of nitrogens with one attached hydrogen (secondary N) is 1. The molecule has 1 heterocycles. The molecule has 8 heteroatoms. The number of carbonyl (C=O) groups excluding carboxylic acids is 2. The van der Waals surface area contributed by atoms with Crippen molar-refractivity contribution in [3.63, 3.8) is 0 Å². The van der Waals surface area contributed by atoms with Crippen LogP contribution in [0.5, 0.6) is 0 Å². The highest BCUT2D eigenvalue weighted by molar-refractivity contribution is 7.17. The third-order valence-electron chi connectivity index (χ3n) is 4.78. The van der Waals surface area contributed by atoms with Gasteiger partial charge in [0, 0.05) is 23.1 Å². The molecule has 1 aromatic heterocycles. The maximum atomic E-state index is 12.6. The van der Waals surface area contributed by atoms with Crippen molar-refractivity contribution >= 4 is 40.0 Å². The first-order valence-corrected chi connectivity index (χ1v) is 10.3. The van der Waals surface area contributed by atoms with Crippen LogP contribution in [0.15, 0.2) is 30.3 Å². The van der Waals surface area contributed by atoms with Crippen molar-refractivity contribution in [2.45, 2.75) is 39.0 Å². The summed E-state index contributed by atoms with van der Waals surface area (Å²) >= 11 is 1.42. The van der Waals surface area contributed by atoms with Crippen LogP contribution in [0.1, 0.15) is 59.0 Å². The maximum Gasteiger partial charge on any atom is 0.341 e. The van der Waals surface area contributed by atoms with E-state index < -0.39 is 16.8 Å². The number of aryl methyl sites for hydroxylation is 1. The number of thiophene rings is 1. The fourth-order valence-corrected chi connectivity index (χ4v) is 4.83. The fraction of sp³-hybridized carbons (Fsp3) is 0.333. The van der Waals surface area contributed by atoms with Crippen molar-refractivity contribution in [1.82, 2.24) is 0 Å². The van der Waals surface area contributed by atoms with Gasteiger partial charge in [0.1, 0.15) is 5.00 Å². The molecular formula is C21H22N2O5S. The normalized spacial score (nSPS) is 15.7. The Kier molecular flexibility index (Phi) is 6.43. The minimum absolute atomic E-state index is 0.0444. The summed E-state index contributed by atoms with van der Waals surface area (Å²) < 4.78 is 5.22. The maximum absolute atomic E-state index is 12.6. The van der Waals surface area contributed by atoms with E-state index in [2.05, 4.69) is 12.2 Å². The molecule has 0 saturated heterocycles. The van der Waals surface area contributed by atoms with Crippen molar-refractivity contribution in [3.05, 3.63) is 62.0 Å². The number of nitrogens with zero attached hydrogens (tertiary/aromatic N) is 1. The Morgan fingerprint density at radius 3 is 2.93 bits per heavy atom. The Hall–Kier alpha value is -3.00. The second-order valence-electron chi connectivity index (χ2n) is 6.83. The molecule has 0 spiro atoms. The molecule has 1 N–H and O–H groups in total. The number of amides is 1. The first kappa shape index (κ1) is 20.7. The van der Waals surface area contributed by atoms with Crippen LogP contribution in [0.3, 0.4) is 0 Å². The molecule has 1 aliphatic rings. The summed E-state index contributed by atoms with van der Waals surface area (Å²) in [6, 6.07) is 6.01. The summed E-state index contributed by atoms with van der Waals surface area (Å²) in [5, 5.41) is 14.2. The lowest BCUT2D eigenvalue weighted by atomic mass is 9.86. The van der Waals surface area contributed by atoms with Crippen molar-refractivity contribution in [1.29, 1.82) is 0 Å². The lowest BCUT2D eigenvalue weighted by molar-refractivity contribution is -0.384. The Bertz CT molecular complexity index is 979. The summed E-state index contributed by atoms with van der Waals surface area (Å²) in [6.45, 7) is 4.10. The Morgan fingerprint density at radius 1 is 1.41 bits per heavy atom. The quantitative estimate of drug-likeness (QED) is 0.313. The van der Waals surface area contributed by atoms with Crippen molar-refractivity contribution < 1.29 is 19.2 Å². The first-order valence-electron chi connectivity index (χ1n) is 9.47. The first-order chi connectivity index (χ1) is 13.9. The molecule has 3 rings (SSSR count). The summed E-state index contributed by atoms with van der Waals surface area (Å²) in [7, 11) is 0.